The first kappa shape index (κ1) is 13.7. The fourth-order valence-corrected chi connectivity index (χ4v) is 5.45. The second kappa shape index (κ2) is 4.94. The summed E-state index contributed by atoms with van der Waals surface area (Å²) in [6.07, 6.45) is 1.51. The van der Waals surface area contributed by atoms with E-state index >= 15 is 0 Å². The van der Waals surface area contributed by atoms with Crippen LogP contribution in [0, 0.1) is 13.8 Å². The van der Waals surface area contributed by atoms with E-state index in [1.165, 1.54) is 15.6 Å². The van der Waals surface area contributed by atoms with Gasteiger partial charge in [-0.15, -0.1) is 11.3 Å². The molecule has 6 nitrogen and oxygen atoms in total. The van der Waals surface area contributed by atoms with E-state index in [2.05, 4.69) is 10.1 Å². The molecule has 3 rings (SSSR count). The number of sulfonamides is 1. The molecule has 1 aliphatic heterocycles. The fourth-order valence-electron chi connectivity index (χ4n) is 2.39. The Bertz CT molecular complexity index is 720. The summed E-state index contributed by atoms with van der Waals surface area (Å²) in [4.78, 5) is 5.15. The third-order valence-corrected chi connectivity index (χ3v) is 6.69. The Morgan fingerprint density at radius 2 is 2.20 bits per heavy atom. The van der Waals surface area contributed by atoms with E-state index in [9.17, 15) is 8.42 Å². The molecule has 3 heterocycles. The lowest BCUT2D eigenvalue weighted by Crippen LogP contribution is -2.30. The number of hydrogen-bond donors (Lipinski definition) is 0. The van der Waals surface area contributed by atoms with Crippen LogP contribution in [0.25, 0.3) is 0 Å². The Labute approximate surface area is 121 Å². The van der Waals surface area contributed by atoms with Crippen LogP contribution in [-0.2, 0) is 10.0 Å². The highest BCUT2D eigenvalue weighted by atomic mass is 32.2. The Hall–Kier alpha value is -1.25. The summed E-state index contributed by atoms with van der Waals surface area (Å²) in [6.45, 7) is 4.11. The molecule has 0 aromatic carbocycles. The van der Waals surface area contributed by atoms with Gasteiger partial charge < -0.3 is 4.52 Å². The van der Waals surface area contributed by atoms with Gasteiger partial charge in [-0.05, 0) is 38.8 Å². The zero-order chi connectivity index (χ0) is 14.3. The number of aromatic nitrogens is 2. The number of rotatable bonds is 3. The molecule has 1 atom stereocenters. The van der Waals surface area contributed by atoms with Crippen molar-refractivity contribution in [2.75, 3.05) is 6.54 Å². The van der Waals surface area contributed by atoms with Gasteiger partial charge in [0, 0.05) is 11.4 Å². The van der Waals surface area contributed by atoms with Gasteiger partial charge in [0.1, 0.15) is 10.3 Å². The van der Waals surface area contributed by atoms with Gasteiger partial charge in [0.2, 0.25) is 5.89 Å². The molecular formula is C12H15N3O3S2. The molecule has 20 heavy (non-hydrogen) atoms. The van der Waals surface area contributed by atoms with Crippen LogP contribution in [0.5, 0.6) is 0 Å². The highest BCUT2D eigenvalue weighted by Crippen LogP contribution is 2.37. The van der Waals surface area contributed by atoms with Crippen LogP contribution in [0.4, 0.5) is 0 Å². The zero-order valence-electron chi connectivity index (χ0n) is 11.2. The topological polar surface area (TPSA) is 76.3 Å². The Kier molecular flexibility index (Phi) is 3.39. The maximum absolute atomic E-state index is 12.7. The van der Waals surface area contributed by atoms with Crippen molar-refractivity contribution in [1.29, 1.82) is 0 Å². The van der Waals surface area contributed by atoms with Crippen LogP contribution < -0.4 is 0 Å². The van der Waals surface area contributed by atoms with Crippen molar-refractivity contribution in [2.24, 2.45) is 0 Å². The molecule has 0 bridgehead atoms. The molecular weight excluding hydrogens is 298 g/mol. The Morgan fingerprint density at radius 3 is 2.80 bits per heavy atom. The van der Waals surface area contributed by atoms with Crippen molar-refractivity contribution < 1.29 is 12.9 Å². The average molecular weight is 313 g/mol. The van der Waals surface area contributed by atoms with E-state index < -0.39 is 10.0 Å². The van der Waals surface area contributed by atoms with Crippen LogP contribution in [-0.4, -0.2) is 29.4 Å². The number of aryl methyl sites for hydroxylation is 2. The van der Waals surface area contributed by atoms with Gasteiger partial charge >= 0.3 is 0 Å². The molecule has 2 aromatic heterocycles. The normalized spacial score (nSPS) is 20.6. The largest absolute Gasteiger partial charge is 0.338 e. The molecule has 0 aliphatic carbocycles. The van der Waals surface area contributed by atoms with Crippen molar-refractivity contribution >= 4 is 21.4 Å². The summed E-state index contributed by atoms with van der Waals surface area (Å²) in [5.74, 6) is 0.910. The lowest BCUT2D eigenvalue weighted by Gasteiger charge is -2.20. The molecule has 0 N–H and O–H groups in total. The molecule has 2 aromatic rings. The number of thiophene rings is 1. The third kappa shape index (κ3) is 2.27. The molecule has 1 fully saturated rings. The van der Waals surface area contributed by atoms with Crippen LogP contribution in [0.2, 0.25) is 0 Å². The van der Waals surface area contributed by atoms with Crippen LogP contribution >= 0.6 is 11.3 Å². The summed E-state index contributed by atoms with van der Waals surface area (Å²) >= 11 is 1.29. The van der Waals surface area contributed by atoms with Crippen LogP contribution in [0.15, 0.2) is 20.9 Å². The lowest BCUT2D eigenvalue weighted by molar-refractivity contribution is 0.290. The Balaban J connectivity index is 1.96. The number of hydrogen-bond acceptors (Lipinski definition) is 6. The predicted molar refractivity (Wildman–Crippen MR) is 74.0 cm³/mol. The van der Waals surface area contributed by atoms with E-state index in [0.717, 1.165) is 11.3 Å². The van der Waals surface area contributed by atoms with Crippen molar-refractivity contribution in [1.82, 2.24) is 14.4 Å². The zero-order valence-corrected chi connectivity index (χ0v) is 12.9. The van der Waals surface area contributed by atoms with Crippen molar-refractivity contribution in [3.05, 3.63) is 28.7 Å². The van der Waals surface area contributed by atoms with Gasteiger partial charge in [0.15, 0.2) is 5.82 Å². The molecule has 8 heteroatoms. The van der Waals surface area contributed by atoms with Gasteiger partial charge in [-0.1, -0.05) is 5.16 Å². The van der Waals surface area contributed by atoms with Gasteiger partial charge in [0.25, 0.3) is 10.0 Å². The van der Waals surface area contributed by atoms with Crippen LogP contribution in [0.1, 0.15) is 35.5 Å². The van der Waals surface area contributed by atoms with Gasteiger partial charge in [-0.2, -0.15) is 9.29 Å². The van der Waals surface area contributed by atoms with Gasteiger partial charge in [-0.3, -0.25) is 0 Å². The molecule has 1 unspecified atom stereocenters. The second-order valence-corrected chi connectivity index (χ2v) is 8.22. The summed E-state index contributed by atoms with van der Waals surface area (Å²) in [5, 5.41) is 3.75. The molecule has 0 radical (unpaired) electrons. The van der Waals surface area contributed by atoms with E-state index in [1.54, 1.807) is 13.0 Å². The minimum Gasteiger partial charge on any atom is -0.338 e. The standard InChI is InChI=1S/C12H15N3O3S2/c1-8-5-6-11(19-8)20(16,17)15-7-3-4-10(15)12-13-9(2)14-18-12/h5-6,10H,3-4,7H2,1-2H3. The summed E-state index contributed by atoms with van der Waals surface area (Å²) < 4.78 is 32.4. The first-order valence-corrected chi connectivity index (χ1v) is 8.62. The highest BCUT2D eigenvalue weighted by molar-refractivity contribution is 7.91. The predicted octanol–water partition coefficient (Wildman–Crippen LogP) is 2.27. The van der Waals surface area contributed by atoms with E-state index in [-0.39, 0.29) is 6.04 Å². The molecule has 0 amide bonds. The third-order valence-electron chi connectivity index (χ3n) is 3.31. The first-order chi connectivity index (χ1) is 9.48. The molecule has 108 valence electrons. The van der Waals surface area contributed by atoms with E-state index in [0.29, 0.717) is 28.9 Å². The summed E-state index contributed by atoms with van der Waals surface area (Å²) in [5.41, 5.74) is 0. The number of nitrogens with zero attached hydrogens (tertiary/aromatic N) is 3. The lowest BCUT2D eigenvalue weighted by atomic mass is 10.2. The van der Waals surface area contributed by atoms with E-state index in [1.807, 2.05) is 13.0 Å². The fraction of sp³-hybridized carbons (Fsp3) is 0.500. The molecule has 1 saturated heterocycles. The monoisotopic (exact) mass is 313 g/mol. The Morgan fingerprint density at radius 1 is 1.40 bits per heavy atom. The van der Waals surface area contributed by atoms with Crippen LogP contribution in [0.3, 0.4) is 0 Å². The summed E-state index contributed by atoms with van der Waals surface area (Å²) in [7, 11) is -3.48. The molecule has 0 saturated carbocycles. The quantitative estimate of drug-likeness (QED) is 0.869. The van der Waals surface area contributed by atoms with Crippen molar-refractivity contribution in [2.45, 2.75) is 36.9 Å². The maximum atomic E-state index is 12.7. The molecule has 1 aliphatic rings. The maximum Gasteiger partial charge on any atom is 0.253 e. The minimum atomic E-state index is -3.48. The smallest absolute Gasteiger partial charge is 0.253 e. The first-order valence-electron chi connectivity index (χ1n) is 6.37. The minimum absolute atomic E-state index is 0.344. The summed E-state index contributed by atoms with van der Waals surface area (Å²) in [6, 6.07) is 3.13. The van der Waals surface area contributed by atoms with E-state index in [4.69, 9.17) is 4.52 Å². The van der Waals surface area contributed by atoms with Gasteiger partial charge in [-0.25, -0.2) is 8.42 Å². The SMILES string of the molecule is Cc1noc(C2CCCN2S(=O)(=O)c2ccc(C)s2)n1. The second-order valence-electron chi connectivity index (χ2n) is 4.82. The molecule has 0 spiro atoms. The highest BCUT2D eigenvalue weighted by Gasteiger charge is 2.39. The van der Waals surface area contributed by atoms with Crippen molar-refractivity contribution in [3.8, 4) is 0 Å². The average Bonchev–Trinajstić information content (AvgIpc) is 3.07. The van der Waals surface area contributed by atoms with Gasteiger partial charge in [0.05, 0.1) is 0 Å². The van der Waals surface area contributed by atoms with Crippen molar-refractivity contribution in [3.63, 3.8) is 0 Å².